The number of anilines is 2. The zero-order chi connectivity index (χ0) is 18.6. The number of hydrogen-bond donors (Lipinski definition) is 2. The lowest BCUT2D eigenvalue weighted by Crippen LogP contribution is -2.14. The van der Waals surface area contributed by atoms with E-state index in [0.717, 1.165) is 12.0 Å². The lowest BCUT2D eigenvalue weighted by molar-refractivity contribution is 0.102. The van der Waals surface area contributed by atoms with Gasteiger partial charge in [0.25, 0.3) is 5.91 Å². The molecule has 0 fully saturated rings. The molecule has 2 aromatic rings. The molecule has 7 heteroatoms. The number of rotatable bonds is 6. The van der Waals surface area contributed by atoms with E-state index in [1.54, 1.807) is 49.4 Å². The third-order valence-electron chi connectivity index (χ3n) is 3.27. The van der Waals surface area contributed by atoms with Crippen molar-refractivity contribution in [1.29, 1.82) is 0 Å². The van der Waals surface area contributed by atoms with Crippen LogP contribution in [0, 0.1) is 6.92 Å². The number of ether oxygens (including phenoxy) is 1. The van der Waals surface area contributed by atoms with Crippen LogP contribution in [0.25, 0.3) is 0 Å². The molecule has 0 heterocycles. The summed E-state index contributed by atoms with van der Waals surface area (Å²) in [6.45, 7) is 5.63. The summed E-state index contributed by atoms with van der Waals surface area (Å²) in [6.07, 6.45) is 1.17. The number of sulfonamides is 1. The summed E-state index contributed by atoms with van der Waals surface area (Å²) >= 11 is 0. The van der Waals surface area contributed by atoms with Gasteiger partial charge in [0.05, 0.1) is 18.0 Å². The van der Waals surface area contributed by atoms with Crippen LogP contribution in [0.3, 0.4) is 0 Å². The first-order valence-corrected chi connectivity index (χ1v) is 9.70. The molecule has 0 saturated heterocycles. The summed E-state index contributed by atoms with van der Waals surface area (Å²) in [5.74, 6) is 0.464. The maximum atomic E-state index is 12.3. The highest BCUT2D eigenvalue weighted by Gasteiger charge is 2.10. The molecular weight excluding hydrogens is 340 g/mol. The van der Waals surface area contributed by atoms with Crippen molar-refractivity contribution < 1.29 is 17.9 Å². The van der Waals surface area contributed by atoms with E-state index in [4.69, 9.17) is 4.74 Å². The van der Waals surface area contributed by atoms with Gasteiger partial charge in [-0.1, -0.05) is 0 Å². The van der Waals surface area contributed by atoms with Gasteiger partial charge in [0.15, 0.2) is 0 Å². The van der Waals surface area contributed by atoms with Crippen LogP contribution in [0.1, 0.15) is 29.8 Å². The first-order valence-electron chi connectivity index (χ1n) is 7.80. The Bertz CT molecular complexity index is 859. The Kier molecular flexibility index (Phi) is 5.69. The van der Waals surface area contributed by atoms with Crippen molar-refractivity contribution in [3.63, 3.8) is 0 Å². The highest BCUT2D eigenvalue weighted by atomic mass is 32.2. The molecule has 0 aliphatic carbocycles. The second-order valence-corrected chi connectivity index (χ2v) is 7.80. The molecule has 0 saturated carbocycles. The molecule has 0 bridgehead atoms. The van der Waals surface area contributed by atoms with Gasteiger partial charge in [0, 0.05) is 11.3 Å². The summed E-state index contributed by atoms with van der Waals surface area (Å²) in [7, 11) is -3.36. The molecule has 0 aliphatic rings. The molecule has 0 aromatic heterocycles. The number of carbonyl (C=O) groups excluding carboxylic acids is 1. The first kappa shape index (κ1) is 18.8. The normalized spacial score (nSPS) is 11.2. The van der Waals surface area contributed by atoms with Gasteiger partial charge in [-0.2, -0.15) is 0 Å². The predicted octanol–water partition coefficient (Wildman–Crippen LogP) is 3.41. The molecule has 25 heavy (non-hydrogen) atoms. The summed E-state index contributed by atoms with van der Waals surface area (Å²) in [4.78, 5) is 12.3. The molecule has 2 aromatic carbocycles. The molecule has 6 nitrogen and oxygen atoms in total. The molecule has 2 rings (SSSR count). The van der Waals surface area contributed by atoms with Crippen LogP contribution in [-0.2, 0) is 10.0 Å². The monoisotopic (exact) mass is 362 g/mol. The van der Waals surface area contributed by atoms with E-state index >= 15 is 0 Å². The van der Waals surface area contributed by atoms with E-state index < -0.39 is 10.0 Å². The molecule has 0 radical (unpaired) electrons. The molecule has 2 N–H and O–H groups in total. The molecule has 0 unspecified atom stereocenters. The zero-order valence-electron chi connectivity index (χ0n) is 14.7. The standard InChI is InChI=1S/C18H22N2O4S/c1-12(2)24-16-8-6-15(7-9-16)19-18(21)14-5-10-17(13(3)11-14)20-25(4,22)23/h5-12,20H,1-4H3,(H,19,21). The average Bonchev–Trinajstić information content (AvgIpc) is 2.49. The van der Waals surface area contributed by atoms with Gasteiger partial charge in [0.2, 0.25) is 10.0 Å². The Morgan fingerprint density at radius 3 is 2.24 bits per heavy atom. The zero-order valence-corrected chi connectivity index (χ0v) is 15.5. The quantitative estimate of drug-likeness (QED) is 0.825. The largest absolute Gasteiger partial charge is 0.491 e. The van der Waals surface area contributed by atoms with E-state index in [0.29, 0.717) is 22.5 Å². The van der Waals surface area contributed by atoms with Crippen molar-refractivity contribution in [3.05, 3.63) is 53.6 Å². The van der Waals surface area contributed by atoms with Crippen LogP contribution in [0.4, 0.5) is 11.4 Å². The van der Waals surface area contributed by atoms with Gasteiger partial charge in [-0.3, -0.25) is 9.52 Å². The molecule has 0 aliphatic heterocycles. The Morgan fingerprint density at radius 2 is 1.72 bits per heavy atom. The summed E-state index contributed by atoms with van der Waals surface area (Å²) in [6, 6.07) is 11.9. The summed E-state index contributed by atoms with van der Waals surface area (Å²) < 4.78 is 30.6. The van der Waals surface area contributed by atoms with Gasteiger partial charge >= 0.3 is 0 Å². The molecule has 0 atom stereocenters. The van der Waals surface area contributed by atoms with Crippen LogP contribution in [0.5, 0.6) is 5.75 Å². The number of benzene rings is 2. The van der Waals surface area contributed by atoms with Crippen LogP contribution in [0.15, 0.2) is 42.5 Å². The topological polar surface area (TPSA) is 84.5 Å². The van der Waals surface area contributed by atoms with E-state index in [9.17, 15) is 13.2 Å². The minimum absolute atomic E-state index is 0.0856. The molecule has 134 valence electrons. The first-order chi connectivity index (χ1) is 11.6. The van der Waals surface area contributed by atoms with Crippen molar-refractivity contribution in [3.8, 4) is 5.75 Å². The smallest absolute Gasteiger partial charge is 0.255 e. The lowest BCUT2D eigenvalue weighted by Gasteiger charge is -2.12. The summed E-state index contributed by atoms with van der Waals surface area (Å²) in [5.41, 5.74) is 2.21. The third-order valence-corrected chi connectivity index (χ3v) is 3.86. The molecule has 0 spiro atoms. The SMILES string of the molecule is Cc1cc(C(=O)Nc2ccc(OC(C)C)cc2)ccc1NS(C)(=O)=O. The van der Waals surface area contributed by atoms with Gasteiger partial charge in [-0.15, -0.1) is 0 Å². The summed E-state index contributed by atoms with van der Waals surface area (Å²) in [5, 5.41) is 2.80. The van der Waals surface area contributed by atoms with Crippen molar-refractivity contribution in [1.82, 2.24) is 0 Å². The Morgan fingerprint density at radius 1 is 1.08 bits per heavy atom. The lowest BCUT2D eigenvalue weighted by atomic mass is 10.1. The fraction of sp³-hybridized carbons (Fsp3) is 0.278. The van der Waals surface area contributed by atoms with Crippen molar-refractivity contribution >= 4 is 27.3 Å². The highest BCUT2D eigenvalue weighted by molar-refractivity contribution is 7.92. The van der Waals surface area contributed by atoms with Crippen molar-refractivity contribution in [2.24, 2.45) is 0 Å². The predicted molar refractivity (Wildman–Crippen MR) is 99.8 cm³/mol. The Balaban J connectivity index is 2.09. The van der Waals surface area contributed by atoms with E-state index in [1.165, 1.54) is 0 Å². The van der Waals surface area contributed by atoms with Gasteiger partial charge < -0.3 is 10.1 Å². The fourth-order valence-corrected chi connectivity index (χ4v) is 2.84. The number of carbonyl (C=O) groups is 1. The van der Waals surface area contributed by atoms with Crippen LogP contribution < -0.4 is 14.8 Å². The van der Waals surface area contributed by atoms with Crippen molar-refractivity contribution in [2.45, 2.75) is 26.9 Å². The minimum Gasteiger partial charge on any atom is -0.491 e. The third kappa shape index (κ3) is 5.79. The second-order valence-electron chi connectivity index (χ2n) is 6.05. The number of amides is 1. The second kappa shape index (κ2) is 7.57. The maximum Gasteiger partial charge on any atom is 0.255 e. The van der Waals surface area contributed by atoms with Crippen molar-refractivity contribution in [2.75, 3.05) is 16.3 Å². The minimum atomic E-state index is -3.36. The van der Waals surface area contributed by atoms with Crippen LogP contribution >= 0.6 is 0 Å². The molecule has 1 amide bonds. The highest BCUT2D eigenvalue weighted by Crippen LogP contribution is 2.20. The van der Waals surface area contributed by atoms with Gasteiger partial charge in [-0.25, -0.2) is 8.42 Å². The Hall–Kier alpha value is -2.54. The number of aryl methyl sites for hydroxylation is 1. The number of nitrogens with one attached hydrogen (secondary N) is 2. The van der Waals surface area contributed by atoms with E-state index in [2.05, 4.69) is 10.0 Å². The van der Waals surface area contributed by atoms with E-state index in [1.807, 2.05) is 13.8 Å². The van der Waals surface area contributed by atoms with Gasteiger partial charge in [0.1, 0.15) is 5.75 Å². The Labute approximate surface area is 148 Å². The van der Waals surface area contributed by atoms with Crippen LogP contribution in [-0.4, -0.2) is 26.7 Å². The van der Waals surface area contributed by atoms with E-state index in [-0.39, 0.29) is 12.0 Å². The fourth-order valence-electron chi connectivity index (χ4n) is 2.21. The number of hydrogen-bond acceptors (Lipinski definition) is 4. The molecular formula is C18H22N2O4S. The van der Waals surface area contributed by atoms with Gasteiger partial charge in [-0.05, 0) is 68.8 Å². The maximum absolute atomic E-state index is 12.3. The average molecular weight is 362 g/mol. The van der Waals surface area contributed by atoms with Crippen LogP contribution in [0.2, 0.25) is 0 Å².